The summed E-state index contributed by atoms with van der Waals surface area (Å²) < 4.78 is 11.0. The van der Waals surface area contributed by atoms with Gasteiger partial charge in [-0.3, -0.25) is 4.79 Å². The molecule has 0 unspecified atom stereocenters. The van der Waals surface area contributed by atoms with Crippen molar-refractivity contribution in [3.8, 4) is 11.3 Å². The molecule has 2 N–H and O–H groups in total. The summed E-state index contributed by atoms with van der Waals surface area (Å²) in [5, 5.41) is 11.4. The second-order valence-electron chi connectivity index (χ2n) is 7.73. The van der Waals surface area contributed by atoms with E-state index in [0.29, 0.717) is 45.4 Å². The Bertz CT molecular complexity index is 1550. The Morgan fingerprint density at radius 3 is 2.55 bits per heavy atom. The van der Waals surface area contributed by atoms with Gasteiger partial charge in [0, 0.05) is 23.1 Å². The summed E-state index contributed by atoms with van der Waals surface area (Å²) >= 11 is 0. The first-order valence-corrected chi connectivity index (χ1v) is 10.6. The number of nitrogens with zero attached hydrogens (tertiary/aromatic N) is 1. The summed E-state index contributed by atoms with van der Waals surface area (Å²) in [6.45, 7) is 4.50. The van der Waals surface area contributed by atoms with Crippen LogP contribution in [0.5, 0.6) is 0 Å². The van der Waals surface area contributed by atoms with Gasteiger partial charge in [-0.15, -0.1) is 0 Å². The molecule has 1 amide bonds. The molecular formula is C26H21N3O4. The average Bonchev–Trinajstić information content (AvgIpc) is 3.25. The van der Waals surface area contributed by atoms with Crippen molar-refractivity contribution in [1.82, 2.24) is 5.16 Å². The number of fused-ring (bicyclic) bond motifs is 2. The van der Waals surface area contributed by atoms with Crippen LogP contribution in [0.4, 0.5) is 11.4 Å². The lowest BCUT2D eigenvalue weighted by atomic mass is 10.0. The summed E-state index contributed by atoms with van der Waals surface area (Å²) in [5.41, 5.74) is 3.44. The zero-order valence-electron chi connectivity index (χ0n) is 18.1. The van der Waals surface area contributed by atoms with E-state index in [1.807, 2.05) is 50.2 Å². The Hall–Kier alpha value is -4.39. The third kappa shape index (κ3) is 3.74. The van der Waals surface area contributed by atoms with Gasteiger partial charge in [0.2, 0.25) is 0 Å². The van der Waals surface area contributed by atoms with Crippen molar-refractivity contribution >= 4 is 39.2 Å². The molecule has 0 spiro atoms. The number of para-hydroxylation sites is 1. The number of hydrogen-bond donors (Lipinski definition) is 2. The highest BCUT2D eigenvalue weighted by Gasteiger charge is 2.19. The van der Waals surface area contributed by atoms with Crippen LogP contribution >= 0.6 is 0 Å². The van der Waals surface area contributed by atoms with Gasteiger partial charge in [0.05, 0.1) is 11.1 Å². The molecule has 0 bridgehead atoms. The molecule has 0 fully saturated rings. The molecule has 0 atom stereocenters. The molecule has 2 aromatic heterocycles. The van der Waals surface area contributed by atoms with Gasteiger partial charge in [0.1, 0.15) is 11.1 Å². The van der Waals surface area contributed by atoms with Crippen LogP contribution in [-0.2, 0) is 0 Å². The van der Waals surface area contributed by atoms with E-state index in [0.717, 1.165) is 11.1 Å². The highest BCUT2D eigenvalue weighted by Crippen LogP contribution is 2.31. The summed E-state index contributed by atoms with van der Waals surface area (Å²) in [6.07, 6.45) is 0. The molecule has 5 rings (SSSR count). The first-order valence-electron chi connectivity index (χ1n) is 10.6. The zero-order valence-corrected chi connectivity index (χ0v) is 18.1. The van der Waals surface area contributed by atoms with Crippen molar-refractivity contribution in [2.75, 3.05) is 17.2 Å². The molecule has 7 heteroatoms. The summed E-state index contributed by atoms with van der Waals surface area (Å²) in [5.74, 6) is 0.146. The van der Waals surface area contributed by atoms with Crippen molar-refractivity contribution in [3.63, 3.8) is 0 Å². The average molecular weight is 439 g/mol. The molecule has 2 heterocycles. The van der Waals surface area contributed by atoms with E-state index < -0.39 is 11.5 Å². The number of amides is 1. The van der Waals surface area contributed by atoms with E-state index in [2.05, 4.69) is 15.8 Å². The number of benzene rings is 3. The van der Waals surface area contributed by atoms with Crippen LogP contribution < -0.4 is 16.3 Å². The molecule has 164 valence electrons. The van der Waals surface area contributed by atoms with Crippen LogP contribution in [0.2, 0.25) is 0 Å². The Kier molecular flexibility index (Phi) is 5.14. The third-order valence-electron chi connectivity index (χ3n) is 5.46. The van der Waals surface area contributed by atoms with Crippen molar-refractivity contribution in [2.45, 2.75) is 13.8 Å². The highest BCUT2D eigenvalue weighted by molar-refractivity contribution is 6.10. The van der Waals surface area contributed by atoms with Gasteiger partial charge < -0.3 is 19.6 Å². The quantitative estimate of drug-likeness (QED) is 0.346. The second-order valence-corrected chi connectivity index (χ2v) is 7.73. The van der Waals surface area contributed by atoms with Crippen LogP contribution in [0.25, 0.3) is 33.2 Å². The van der Waals surface area contributed by atoms with E-state index in [-0.39, 0.29) is 5.69 Å². The standard InChI is InChI=1S/C26H21N3O4/c1-3-27-22-18-6-4-5-7-21(18)32-26(31)23(22)28-25(30)17-12-13-20-19(14-17)24(33-29-20)16-10-8-15(2)9-11-16/h4-14,27H,3H2,1-2H3,(H,28,30). The Morgan fingerprint density at radius 1 is 0.970 bits per heavy atom. The van der Waals surface area contributed by atoms with Crippen LogP contribution in [0.15, 0.2) is 80.5 Å². The van der Waals surface area contributed by atoms with Crippen molar-refractivity contribution in [2.24, 2.45) is 0 Å². The molecule has 0 aliphatic carbocycles. The van der Waals surface area contributed by atoms with Crippen molar-refractivity contribution in [3.05, 3.63) is 88.3 Å². The first-order chi connectivity index (χ1) is 16.0. The normalized spacial score (nSPS) is 11.1. The lowest BCUT2D eigenvalue weighted by Crippen LogP contribution is -2.20. The lowest BCUT2D eigenvalue weighted by Gasteiger charge is -2.13. The van der Waals surface area contributed by atoms with E-state index in [9.17, 15) is 9.59 Å². The van der Waals surface area contributed by atoms with Gasteiger partial charge in [-0.1, -0.05) is 47.1 Å². The fourth-order valence-electron chi connectivity index (χ4n) is 3.81. The third-order valence-corrected chi connectivity index (χ3v) is 5.46. The summed E-state index contributed by atoms with van der Waals surface area (Å²) in [7, 11) is 0. The molecule has 0 aliphatic rings. The fourth-order valence-corrected chi connectivity index (χ4v) is 3.81. The summed E-state index contributed by atoms with van der Waals surface area (Å²) in [6, 6.07) is 20.2. The predicted molar refractivity (Wildman–Crippen MR) is 129 cm³/mol. The molecular weight excluding hydrogens is 418 g/mol. The van der Waals surface area contributed by atoms with Crippen LogP contribution in [-0.4, -0.2) is 17.6 Å². The van der Waals surface area contributed by atoms with Gasteiger partial charge >= 0.3 is 5.63 Å². The second kappa shape index (κ2) is 8.27. The van der Waals surface area contributed by atoms with E-state index in [1.54, 1.807) is 30.3 Å². The van der Waals surface area contributed by atoms with Gasteiger partial charge in [-0.2, -0.15) is 0 Å². The molecule has 0 saturated carbocycles. The number of aromatic nitrogens is 1. The number of hydrogen-bond acceptors (Lipinski definition) is 6. The van der Waals surface area contributed by atoms with E-state index in [1.165, 1.54) is 0 Å². The molecule has 3 aromatic carbocycles. The zero-order chi connectivity index (χ0) is 22.9. The predicted octanol–water partition coefficient (Wildman–Crippen LogP) is 5.59. The van der Waals surface area contributed by atoms with Gasteiger partial charge in [0.15, 0.2) is 11.4 Å². The highest BCUT2D eigenvalue weighted by atomic mass is 16.5. The number of anilines is 2. The Morgan fingerprint density at radius 2 is 1.76 bits per heavy atom. The van der Waals surface area contributed by atoms with Gasteiger partial charge in [-0.05, 0) is 44.2 Å². The van der Waals surface area contributed by atoms with Gasteiger partial charge in [0.25, 0.3) is 5.91 Å². The minimum absolute atomic E-state index is 0.0738. The van der Waals surface area contributed by atoms with E-state index >= 15 is 0 Å². The minimum atomic E-state index is -0.621. The number of carbonyl (C=O) groups excluding carboxylic acids is 1. The Labute approximate surface area is 189 Å². The molecule has 33 heavy (non-hydrogen) atoms. The number of carbonyl (C=O) groups is 1. The maximum atomic E-state index is 13.1. The van der Waals surface area contributed by atoms with E-state index in [4.69, 9.17) is 8.94 Å². The topological polar surface area (TPSA) is 97.4 Å². The SMILES string of the molecule is CCNc1c(NC(=O)c2ccc3noc(-c4ccc(C)cc4)c3c2)c(=O)oc2ccccc12. The molecule has 0 saturated heterocycles. The summed E-state index contributed by atoms with van der Waals surface area (Å²) in [4.78, 5) is 25.8. The minimum Gasteiger partial charge on any atom is -0.421 e. The van der Waals surface area contributed by atoms with Crippen molar-refractivity contribution < 1.29 is 13.7 Å². The first kappa shape index (κ1) is 20.5. The molecule has 0 aliphatic heterocycles. The van der Waals surface area contributed by atoms with Crippen LogP contribution in [0, 0.1) is 6.92 Å². The van der Waals surface area contributed by atoms with Crippen LogP contribution in [0.1, 0.15) is 22.8 Å². The lowest BCUT2D eigenvalue weighted by molar-refractivity contribution is 0.102. The van der Waals surface area contributed by atoms with Crippen LogP contribution in [0.3, 0.4) is 0 Å². The largest absolute Gasteiger partial charge is 0.421 e. The van der Waals surface area contributed by atoms with Gasteiger partial charge in [-0.25, -0.2) is 4.79 Å². The number of aryl methyl sites for hydroxylation is 1. The maximum Gasteiger partial charge on any atom is 0.362 e. The van der Waals surface area contributed by atoms with Crippen molar-refractivity contribution in [1.29, 1.82) is 0 Å². The maximum absolute atomic E-state index is 13.1. The molecule has 7 nitrogen and oxygen atoms in total. The fraction of sp³-hybridized carbons (Fsp3) is 0.115. The number of nitrogens with one attached hydrogen (secondary N) is 2. The smallest absolute Gasteiger partial charge is 0.362 e. The Balaban J connectivity index is 1.55. The number of rotatable bonds is 5. The monoisotopic (exact) mass is 439 g/mol. The molecule has 0 radical (unpaired) electrons. The molecule has 5 aromatic rings.